The highest BCUT2D eigenvalue weighted by atomic mass is 35.5. The summed E-state index contributed by atoms with van der Waals surface area (Å²) < 4.78 is 32.6. The summed E-state index contributed by atoms with van der Waals surface area (Å²) in [6, 6.07) is 12.5. The third-order valence-electron chi connectivity index (χ3n) is 3.94. The van der Waals surface area contributed by atoms with Crippen LogP contribution >= 0.6 is 11.6 Å². The summed E-state index contributed by atoms with van der Waals surface area (Å²) in [6.07, 6.45) is 0.101. The Labute approximate surface area is 151 Å². The molecule has 1 heterocycles. The second-order valence-electron chi connectivity index (χ2n) is 5.68. The maximum absolute atomic E-state index is 12.4. The standard InChI is InChI=1S/C17H17ClN2O4S/c1-24-15-4-2-3-14(10-15)20-11-13(9-17(20)21)19-25(22,23)16-7-5-12(18)6-8-16/h2-8,10,13,19H,9,11H2,1H3/t13-/m0/s1. The number of carbonyl (C=O) groups excluding carboxylic acids is 1. The Kier molecular flexibility index (Phi) is 4.99. The molecule has 0 unspecified atom stereocenters. The van der Waals surface area contributed by atoms with Gasteiger partial charge >= 0.3 is 0 Å². The summed E-state index contributed by atoms with van der Waals surface area (Å²) in [6.45, 7) is 0.263. The van der Waals surface area contributed by atoms with Crippen LogP contribution in [-0.4, -0.2) is 34.0 Å². The van der Waals surface area contributed by atoms with Gasteiger partial charge in [-0.1, -0.05) is 17.7 Å². The second-order valence-corrected chi connectivity index (χ2v) is 7.83. The summed E-state index contributed by atoms with van der Waals surface area (Å²) in [5.74, 6) is 0.493. The smallest absolute Gasteiger partial charge is 0.240 e. The SMILES string of the molecule is COc1cccc(N2C[C@@H](NS(=O)(=O)c3ccc(Cl)cc3)CC2=O)c1. The lowest BCUT2D eigenvalue weighted by molar-refractivity contribution is -0.117. The number of amides is 1. The largest absolute Gasteiger partial charge is 0.497 e. The van der Waals surface area contributed by atoms with E-state index in [9.17, 15) is 13.2 Å². The number of carbonyl (C=O) groups is 1. The van der Waals surface area contributed by atoms with E-state index in [1.165, 1.54) is 24.3 Å². The number of rotatable bonds is 5. The number of sulfonamides is 1. The van der Waals surface area contributed by atoms with E-state index in [1.807, 2.05) is 0 Å². The predicted octanol–water partition coefficient (Wildman–Crippen LogP) is 2.43. The zero-order chi connectivity index (χ0) is 18.0. The van der Waals surface area contributed by atoms with Crippen molar-refractivity contribution in [2.45, 2.75) is 17.4 Å². The van der Waals surface area contributed by atoms with E-state index in [0.717, 1.165) is 0 Å². The van der Waals surface area contributed by atoms with E-state index >= 15 is 0 Å². The summed E-state index contributed by atoms with van der Waals surface area (Å²) in [4.78, 5) is 14.0. The molecule has 1 atom stereocenters. The van der Waals surface area contributed by atoms with Crippen molar-refractivity contribution in [3.05, 3.63) is 53.6 Å². The molecular formula is C17H17ClN2O4S. The number of benzene rings is 2. The summed E-state index contributed by atoms with van der Waals surface area (Å²) in [5.41, 5.74) is 0.678. The van der Waals surface area contributed by atoms with Gasteiger partial charge in [0.25, 0.3) is 0 Å². The molecule has 0 aromatic heterocycles. The average Bonchev–Trinajstić information content (AvgIpc) is 2.95. The lowest BCUT2D eigenvalue weighted by atomic mass is 10.3. The first kappa shape index (κ1) is 17.7. The highest BCUT2D eigenvalue weighted by Gasteiger charge is 2.33. The normalized spacial score (nSPS) is 17.8. The van der Waals surface area contributed by atoms with E-state index in [1.54, 1.807) is 36.3 Å². The Bertz CT molecular complexity index is 884. The molecule has 6 nitrogen and oxygen atoms in total. The topological polar surface area (TPSA) is 75.7 Å². The number of halogens is 1. The van der Waals surface area contributed by atoms with Crippen LogP contribution in [0.15, 0.2) is 53.4 Å². The first-order valence-corrected chi connectivity index (χ1v) is 9.47. The minimum atomic E-state index is -3.71. The summed E-state index contributed by atoms with van der Waals surface area (Å²) in [5, 5.41) is 0.458. The van der Waals surface area contributed by atoms with Crippen LogP contribution in [0.4, 0.5) is 5.69 Å². The fourth-order valence-electron chi connectivity index (χ4n) is 2.72. The molecule has 3 rings (SSSR count). The fourth-order valence-corrected chi connectivity index (χ4v) is 4.07. The molecule has 2 aromatic carbocycles. The van der Waals surface area contributed by atoms with Crippen molar-refractivity contribution in [2.24, 2.45) is 0 Å². The van der Waals surface area contributed by atoms with Crippen molar-refractivity contribution < 1.29 is 17.9 Å². The highest BCUT2D eigenvalue weighted by Crippen LogP contribution is 2.26. The van der Waals surface area contributed by atoms with E-state index in [0.29, 0.717) is 16.5 Å². The Morgan fingerprint density at radius 2 is 1.92 bits per heavy atom. The van der Waals surface area contributed by atoms with Crippen molar-refractivity contribution in [2.75, 3.05) is 18.6 Å². The van der Waals surface area contributed by atoms with Crippen molar-refractivity contribution in [3.63, 3.8) is 0 Å². The van der Waals surface area contributed by atoms with E-state index in [-0.39, 0.29) is 23.8 Å². The first-order valence-electron chi connectivity index (χ1n) is 7.61. The van der Waals surface area contributed by atoms with Gasteiger partial charge in [0.15, 0.2) is 0 Å². The summed E-state index contributed by atoms with van der Waals surface area (Å²) in [7, 11) is -2.16. The third kappa shape index (κ3) is 3.95. The van der Waals surface area contributed by atoms with Gasteiger partial charge in [-0.2, -0.15) is 0 Å². The van der Waals surface area contributed by atoms with Crippen LogP contribution in [0, 0.1) is 0 Å². The number of methoxy groups -OCH3 is 1. The molecule has 0 bridgehead atoms. The monoisotopic (exact) mass is 380 g/mol. The Hall–Kier alpha value is -2.09. The van der Waals surface area contributed by atoms with Crippen LogP contribution < -0.4 is 14.4 Å². The average molecular weight is 381 g/mol. The Morgan fingerprint density at radius 1 is 1.20 bits per heavy atom. The lowest BCUT2D eigenvalue weighted by Crippen LogP contribution is -2.37. The highest BCUT2D eigenvalue weighted by molar-refractivity contribution is 7.89. The van der Waals surface area contributed by atoms with Gasteiger partial charge in [-0.25, -0.2) is 13.1 Å². The minimum Gasteiger partial charge on any atom is -0.497 e. The molecule has 8 heteroatoms. The van der Waals surface area contributed by atoms with Gasteiger partial charge in [0.1, 0.15) is 5.75 Å². The van der Waals surface area contributed by atoms with Crippen molar-refractivity contribution >= 4 is 33.2 Å². The van der Waals surface area contributed by atoms with Crippen LogP contribution in [0.5, 0.6) is 5.75 Å². The molecule has 1 saturated heterocycles. The molecule has 0 saturated carbocycles. The minimum absolute atomic E-state index is 0.101. The van der Waals surface area contributed by atoms with E-state index < -0.39 is 16.1 Å². The first-order chi connectivity index (χ1) is 11.9. The number of anilines is 1. The maximum Gasteiger partial charge on any atom is 0.240 e. The molecule has 1 aliphatic heterocycles. The molecule has 132 valence electrons. The van der Waals surface area contributed by atoms with Crippen LogP contribution in [0.1, 0.15) is 6.42 Å². The molecule has 0 spiro atoms. The third-order valence-corrected chi connectivity index (χ3v) is 5.72. The quantitative estimate of drug-likeness (QED) is 0.864. The Morgan fingerprint density at radius 3 is 2.60 bits per heavy atom. The van der Waals surface area contributed by atoms with Crippen molar-refractivity contribution in [1.29, 1.82) is 0 Å². The van der Waals surface area contributed by atoms with Crippen molar-refractivity contribution in [3.8, 4) is 5.75 Å². The van der Waals surface area contributed by atoms with Crippen LogP contribution in [0.25, 0.3) is 0 Å². The molecule has 2 aromatic rings. The molecule has 0 aliphatic carbocycles. The van der Waals surface area contributed by atoms with Gasteiger partial charge in [0.05, 0.1) is 12.0 Å². The molecule has 1 N–H and O–H groups in total. The lowest BCUT2D eigenvalue weighted by Gasteiger charge is -2.18. The molecular weight excluding hydrogens is 364 g/mol. The molecule has 1 fully saturated rings. The van der Waals surface area contributed by atoms with Gasteiger partial charge in [0, 0.05) is 35.8 Å². The van der Waals surface area contributed by atoms with Gasteiger partial charge in [-0.05, 0) is 36.4 Å². The Balaban J connectivity index is 1.75. The van der Waals surface area contributed by atoms with Gasteiger partial charge < -0.3 is 9.64 Å². The zero-order valence-corrected chi connectivity index (χ0v) is 15.0. The van der Waals surface area contributed by atoms with Crippen LogP contribution in [0.2, 0.25) is 5.02 Å². The van der Waals surface area contributed by atoms with E-state index in [4.69, 9.17) is 16.3 Å². The number of ether oxygens (including phenoxy) is 1. The zero-order valence-electron chi connectivity index (χ0n) is 13.5. The van der Waals surface area contributed by atoms with E-state index in [2.05, 4.69) is 4.72 Å². The van der Waals surface area contributed by atoms with Gasteiger partial charge in [-0.15, -0.1) is 0 Å². The number of hydrogen-bond donors (Lipinski definition) is 1. The van der Waals surface area contributed by atoms with Gasteiger partial charge in [-0.3, -0.25) is 4.79 Å². The number of nitrogens with one attached hydrogen (secondary N) is 1. The van der Waals surface area contributed by atoms with Crippen LogP contribution in [0.3, 0.4) is 0 Å². The van der Waals surface area contributed by atoms with Gasteiger partial charge in [0.2, 0.25) is 15.9 Å². The molecule has 1 aliphatic rings. The fraction of sp³-hybridized carbons (Fsp3) is 0.235. The summed E-state index contributed by atoms with van der Waals surface area (Å²) >= 11 is 5.79. The molecule has 25 heavy (non-hydrogen) atoms. The molecule has 0 radical (unpaired) electrons. The second kappa shape index (κ2) is 7.03. The maximum atomic E-state index is 12.4. The predicted molar refractivity (Wildman–Crippen MR) is 95.5 cm³/mol. The molecule has 1 amide bonds. The number of hydrogen-bond acceptors (Lipinski definition) is 4. The van der Waals surface area contributed by atoms with Crippen molar-refractivity contribution in [1.82, 2.24) is 4.72 Å². The van der Waals surface area contributed by atoms with Crippen LogP contribution in [-0.2, 0) is 14.8 Å². The number of nitrogens with zero attached hydrogens (tertiary/aromatic N) is 1.